The van der Waals surface area contributed by atoms with E-state index in [-0.39, 0.29) is 42.5 Å². The molecule has 2 unspecified atom stereocenters. The highest BCUT2D eigenvalue weighted by atomic mass is 19.1. The number of nitrogens with one attached hydrogen (secondary N) is 1. The first-order valence-electron chi connectivity index (χ1n) is 11.5. The van der Waals surface area contributed by atoms with Crippen LogP contribution in [0.3, 0.4) is 0 Å². The molecule has 190 valence electrons. The van der Waals surface area contributed by atoms with Crippen LogP contribution in [0.25, 0.3) is 0 Å². The number of carbonyl (C=O) groups excluding carboxylic acids is 2. The minimum Gasteiger partial charge on any atom is -0.503 e. The molecular formula is C24H23F3N4O5. The SMILES string of the molecule is CC1CC[C@]2(CC(CF)=NO2)C2CN1C(=O)c1c(O)c(=O)c(C(=O)NCc3ccc(F)cc3F)cn12. The van der Waals surface area contributed by atoms with E-state index in [1.54, 1.807) is 0 Å². The predicted molar refractivity (Wildman–Crippen MR) is 121 cm³/mol. The van der Waals surface area contributed by atoms with Crippen LogP contribution >= 0.6 is 0 Å². The predicted octanol–water partition coefficient (Wildman–Crippen LogP) is 2.43. The van der Waals surface area contributed by atoms with Crippen molar-refractivity contribution in [2.45, 2.75) is 50.4 Å². The zero-order chi connectivity index (χ0) is 25.8. The number of benzene rings is 1. The molecule has 3 aliphatic heterocycles. The minimum atomic E-state index is -1.07. The normalized spacial score (nSPS) is 24.7. The van der Waals surface area contributed by atoms with Crippen molar-refractivity contribution in [2.24, 2.45) is 5.16 Å². The standard InChI is InChI=1S/C24H23F3N4O5/c1-12-4-5-24(7-15(8-25)29-36-24)18-11-30(12)23(35)19-21(33)20(32)16(10-31(18)19)22(34)28-9-13-2-3-14(26)6-17(13)27/h2-3,6,10,12,18,33H,4-5,7-9,11H2,1H3,(H,28,34)/t12?,18?,24-/m0/s1. The molecule has 3 atom stereocenters. The Labute approximate surface area is 203 Å². The van der Waals surface area contributed by atoms with Gasteiger partial charge in [-0.25, -0.2) is 13.2 Å². The number of halogens is 3. The largest absolute Gasteiger partial charge is 0.503 e. The summed E-state index contributed by atoms with van der Waals surface area (Å²) >= 11 is 0. The second kappa shape index (κ2) is 8.68. The van der Waals surface area contributed by atoms with Crippen LogP contribution in [-0.2, 0) is 11.4 Å². The van der Waals surface area contributed by atoms with Gasteiger partial charge >= 0.3 is 0 Å². The third kappa shape index (κ3) is 3.71. The number of oxime groups is 1. The van der Waals surface area contributed by atoms with Gasteiger partial charge in [0.15, 0.2) is 17.0 Å². The fourth-order valence-corrected chi connectivity index (χ4v) is 5.19. The maximum atomic E-state index is 14.0. The Balaban J connectivity index is 1.54. The third-order valence-corrected chi connectivity index (χ3v) is 7.22. The number of fused-ring (bicyclic) bond motifs is 5. The van der Waals surface area contributed by atoms with Crippen LogP contribution in [0.4, 0.5) is 13.2 Å². The van der Waals surface area contributed by atoms with Crippen molar-refractivity contribution in [1.82, 2.24) is 14.8 Å². The Kier molecular flexibility index (Phi) is 5.76. The molecule has 1 saturated heterocycles. The van der Waals surface area contributed by atoms with Gasteiger partial charge in [0.05, 0.1) is 11.8 Å². The molecule has 36 heavy (non-hydrogen) atoms. The Morgan fingerprint density at radius 2 is 2.11 bits per heavy atom. The van der Waals surface area contributed by atoms with Gasteiger partial charge in [-0.1, -0.05) is 11.2 Å². The fraction of sp³-hybridized carbons (Fsp3) is 0.417. The number of alkyl halides is 1. The monoisotopic (exact) mass is 504 g/mol. The van der Waals surface area contributed by atoms with Gasteiger partial charge in [-0.2, -0.15) is 0 Å². The summed E-state index contributed by atoms with van der Waals surface area (Å²) in [7, 11) is 0. The van der Waals surface area contributed by atoms with Crippen molar-refractivity contribution < 1.29 is 32.7 Å². The van der Waals surface area contributed by atoms with E-state index >= 15 is 0 Å². The molecule has 1 aromatic carbocycles. The molecule has 2 aromatic rings. The van der Waals surface area contributed by atoms with E-state index in [2.05, 4.69) is 10.5 Å². The molecule has 2 amide bonds. The van der Waals surface area contributed by atoms with E-state index in [1.807, 2.05) is 6.92 Å². The molecule has 1 fully saturated rings. The third-order valence-electron chi connectivity index (χ3n) is 7.22. The first-order chi connectivity index (χ1) is 17.1. The summed E-state index contributed by atoms with van der Waals surface area (Å²) in [6.45, 7) is 0.831. The van der Waals surface area contributed by atoms with Crippen LogP contribution in [0.15, 0.2) is 34.3 Å². The quantitative estimate of drug-likeness (QED) is 0.664. The summed E-state index contributed by atoms with van der Waals surface area (Å²) in [4.78, 5) is 46.4. The van der Waals surface area contributed by atoms with E-state index in [4.69, 9.17) is 4.84 Å². The van der Waals surface area contributed by atoms with Gasteiger partial charge < -0.3 is 24.7 Å². The van der Waals surface area contributed by atoms with E-state index in [9.17, 15) is 32.7 Å². The fourth-order valence-electron chi connectivity index (χ4n) is 5.19. The average Bonchev–Trinajstić information content (AvgIpc) is 3.23. The summed E-state index contributed by atoms with van der Waals surface area (Å²) in [6, 6.07) is 1.94. The second-order valence-corrected chi connectivity index (χ2v) is 9.38. The van der Waals surface area contributed by atoms with E-state index in [0.717, 1.165) is 12.1 Å². The van der Waals surface area contributed by atoms with Crippen molar-refractivity contribution in [2.75, 3.05) is 13.2 Å². The van der Waals surface area contributed by atoms with Crippen LogP contribution in [0.1, 0.15) is 58.6 Å². The summed E-state index contributed by atoms with van der Waals surface area (Å²) in [5, 5.41) is 17.0. The molecule has 1 spiro atoms. The smallest absolute Gasteiger partial charge is 0.274 e. The van der Waals surface area contributed by atoms with E-state index in [1.165, 1.54) is 15.7 Å². The molecule has 9 nitrogen and oxygen atoms in total. The lowest BCUT2D eigenvalue weighted by molar-refractivity contribution is -0.0655. The van der Waals surface area contributed by atoms with Gasteiger partial charge in [0.1, 0.15) is 23.9 Å². The second-order valence-electron chi connectivity index (χ2n) is 9.38. The van der Waals surface area contributed by atoms with E-state index < -0.39 is 58.5 Å². The summed E-state index contributed by atoms with van der Waals surface area (Å²) < 4.78 is 41.9. The minimum absolute atomic E-state index is 0.00943. The number of pyridine rings is 1. The van der Waals surface area contributed by atoms with Crippen molar-refractivity contribution in [3.8, 4) is 5.75 Å². The van der Waals surface area contributed by atoms with Gasteiger partial charge in [0.25, 0.3) is 11.8 Å². The van der Waals surface area contributed by atoms with Crippen molar-refractivity contribution in [3.63, 3.8) is 0 Å². The molecule has 1 aromatic heterocycles. The zero-order valence-corrected chi connectivity index (χ0v) is 19.3. The number of hydrogen-bond donors (Lipinski definition) is 2. The number of hydrogen-bond acceptors (Lipinski definition) is 6. The number of rotatable bonds is 4. The number of nitrogens with zero attached hydrogens (tertiary/aromatic N) is 3. The molecule has 0 aliphatic carbocycles. The van der Waals surface area contributed by atoms with Gasteiger partial charge in [-0.05, 0) is 25.8 Å². The number of aromatic hydroxyl groups is 1. The molecule has 2 N–H and O–H groups in total. The lowest BCUT2D eigenvalue weighted by Crippen LogP contribution is -2.52. The Morgan fingerprint density at radius 1 is 1.33 bits per heavy atom. The van der Waals surface area contributed by atoms with Gasteiger partial charge in [-0.3, -0.25) is 14.4 Å². The maximum Gasteiger partial charge on any atom is 0.274 e. The van der Waals surface area contributed by atoms with Crippen LogP contribution in [0, 0.1) is 11.6 Å². The molecule has 4 heterocycles. The molecule has 5 rings (SSSR count). The van der Waals surface area contributed by atoms with Gasteiger partial charge in [0.2, 0.25) is 5.43 Å². The Morgan fingerprint density at radius 3 is 2.81 bits per heavy atom. The first-order valence-corrected chi connectivity index (χ1v) is 11.5. The summed E-state index contributed by atoms with van der Waals surface area (Å²) in [6.07, 6.45) is 2.27. The van der Waals surface area contributed by atoms with Gasteiger partial charge in [0, 0.05) is 43.4 Å². The van der Waals surface area contributed by atoms with Crippen molar-refractivity contribution >= 4 is 17.5 Å². The van der Waals surface area contributed by atoms with Crippen molar-refractivity contribution in [1.29, 1.82) is 0 Å². The van der Waals surface area contributed by atoms with Gasteiger partial charge in [-0.15, -0.1) is 0 Å². The molecule has 2 bridgehead atoms. The number of carbonyl (C=O) groups is 2. The molecular weight excluding hydrogens is 481 g/mol. The molecule has 12 heteroatoms. The van der Waals surface area contributed by atoms with Crippen molar-refractivity contribution in [3.05, 3.63) is 63.1 Å². The number of aromatic nitrogens is 1. The highest BCUT2D eigenvalue weighted by Crippen LogP contribution is 2.46. The Hall–Kier alpha value is -3.83. The molecule has 0 saturated carbocycles. The van der Waals surface area contributed by atoms with Crippen LogP contribution in [0.2, 0.25) is 0 Å². The Bertz CT molecular complexity index is 1360. The number of amides is 2. The van der Waals surface area contributed by atoms with Crippen LogP contribution in [0.5, 0.6) is 5.75 Å². The molecule has 3 aliphatic rings. The highest BCUT2D eigenvalue weighted by molar-refractivity contribution is 5.99. The van der Waals surface area contributed by atoms with E-state index in [0.29, 0.717) is 18.9 Å². The lowest BCUT2D eigenvalue weighted by Gasteiger charge is -2.41. The topological polar surface area (TPSA) is 113 Å². The average molecular weight is 504 g/mol. The summed E-state index contributed by atoms with van der Waals surface area (Å²) in [5.74, 6) is -4.05. The zero-order valence-electron chi connectivity index (χ0n) is 19.3. The molecule has 0 radical (unpaired) electrons. The van der Waals surface area contributed by atoms with Crippen LogP contribution < -0.4 is 10.7 Å². The first kappa shape index (κ1) is 23.9. The van der Waals surface area contributed by atoms with Crippen LogP contribution in [-0.4, -0.2) is 57.0 Å². The maximum absolute atomic E-state index is 14.0. The highest BCUT2D eigenvalue weighted by Gasteiger charge is 2.54. The summed E-state index contributed by atoms with van der Waals surface area (Å²) in [5.41, 5.74) is -2.67. The lowest BCUT2D eigenvalue weighted by atomic mass is 9.84.